The molecule has 1 heterocycles. The Labute approximate surface area is 91.8 Å². The van der Waals surface area contributed by atoms with Gasteiger partial charge in [-0.2, -0.15) is 0 Å². The van der Waals surface area contributed by atoms with Crippen LogP contribution in [0.3, 0.4) is 0 Å². The molecular weight excluding hydrogens is 192 g/mol. The van der Waals surface area contributed by atoms with E-state index < -0.39 is 0 Å². The Balaban J connectivity index is 2.28. The van der Waals surface area contributed by atoms with Crippen LogP contribution in [0.2, 0.25) is 0 Å². The third-order valence-electron chi connectivity index (χ3n) is 2.90. The van der Waals surface area contributed by atoms with Crippen molar-refractivity contribution in [3.05, 3.63) is 0 Å². The molecule has 4 heteroatoms. The summed E-state index contributed by atoms with van der Waals surface area (Å²) in [5.74, 6) is 0.496. The summed E-state index contributed by atoms with van der Waals surface area (Å²) in [5, 5.41) is 0. The maximum absolute atomic E-state index is 11.7. The Morgan fingerprint density at radius 3 is 2.93 bits per heavy atom. The van der Waals surface area contributed by atoms with Crippen molar-refractivity contribution >= 4 is 5.91 Å². The lowest BCUT2D eigenvalue weighted by Gasteiger charge is -2.35. The van der Waals surface area contributed by atoms with E-state index in [4.69, 9.17) is 10.5 Å². The van der Waals surface area contributed by atoms with E-state index in [2.05, 4.69) is 6.92 Å². The number of nitrogens with zero attached hydrogens (tertiary/aromatic N) is 1. The van der Waals surface area contributed by atoms with Crippen LogP contribution in [0.5, 0.6) is 0 Å². The van der Waals surface area contributed by atoms with Gasteiger partial charge in [0.25, 0.3) is 0 Å². The summed E-state index contributed by atoms with van der Waals surface area (Å²) >= 11 is 0. The van der Waals surface area contributed by atoms with Gasteiger partial charge in [0.15, 0.2) is 0 Å². The zero-order chi connectivity index (χ0) is 11.3. The lowest BCUT2D eigenvalue weighted by molar-refractivity contribution is -0.138. The van der Waals surface area contributed by atoms with Gasteiger partial charge in [-0.25, -0.2) is 0 Å². The maximum atomic E-state index is 11.7. The fourth-order valence-corrected chi connectivity index (χ4v) is 1.79. The van der Waals surface area contributed by atoms with Gasteiger partial charge in [-0.05, 0) is 18.8 Å². The molecule has 1 fully saturated rings. The minimum Gasteiger partial charge on any atom is -0.372 e. The first-order chi connectivity index (χ1) is 7.15. The lowest BCUT2D eigenvalue weighted by atomic mass is 9.95. The van der Waals surface area contributed by atoms with E-state index in [0.29, 0.717) is 12.5 Å². The molecule has 1 rings (SSSR count). The van der Waals surface area contributed by atoms with E-state index in [1.165, 1.54) is 0 Å². The number of carbonyl (C=O) groups is 1. The fourth-order valence-electron chi connectivity index (χ4n) is 1.79. The van der Waals surface area contributed by atoms with Gasteiger partial charge in [0, 0.05) is 25.7 Å². The van der Waals surface area contributed by atoms with Crippen LogP contribution in [0.1, 0.15) is 26.7 Å². The number of ether oxygens (including phenoxy) is 1. The van der Waals surface area contributed by atoms with Crippen molar-refractivity contribution in [2.75, 3.05) is 26.3 Å². The number of rotatable bonds is 4. The molecule has 0 aromatic rings. The molecule has 0 aromatic heterocycles. The minimum atomic E-state index is 0.0993. The number of piperidine rings is 1. The highest BCUT2D eigenvalue weighted by molar-refractivity contribution is 5.77. The summed E-state index contributed by atoms with van der Waals surface area (Å²) in [4.78, 5) is 13.6. The Kier molecular flexibility index (Phi) is 5.05. The monoisotopic (exact) mass is 214 g/mol. The molecular formula is C11H22N2O2. The highest BCUT2D eigenvalue weighted by Gasteiger charge is 2.25. The average molecular weight is 214 g/mol. The smallest absolute Gasteiger partial charge is 0.248 e. The Hall–Kier alpha value is -0.610. The first kappa shape index (κ1) is 12.5. The molecule has 1 amide bonds. The molecule has 1 aliphatic rings. The Bertz CT molecular complexity index is 209. The van der Waals surface area contributed by atoms with E-state index in [-0.39, 0.29) is 18.6 Å². The highest BCUT2D eigenvalue weighted by atomic mass is 16.5. The van der Waals surface area contributed by atoms with Crippen molar-refractivity contribution in [2.24, 2.45) is 11.7 Å². The summed E-state index contributed by atoms with van der Waals surface area (Å²) in [7, 11) is 0. The average Bonchev–Trinajstić information content (AvgIpc) is 2.22. The predicted molar refractivity (Wildman–Crippen MR) is 59.4 cm³/mol. The lowest BCUT2D eigenvalue weighted by Crippen LogP contribution is -2.49. The van der Waals surface area contributed by atoms with Gasteiger partial charge in [-0.1, -0.05) is 13.8 Å². The van der Waals surface area contributed by atoms with E-state index in [1.54, 1.807) is 0 Å². The van der Waals surface area contributed by atoms with Crippen molar-refractivity contribution in [1.82, 2.24) is 4.90 Å². The van der Waals surface area contributed by atoms with Crippen LogP contribution >= 0.6 is 0 Å². The molecule has 15 heavy (non-hydrogen) atoms. The second kappa shape index (κ2) is 6.08. The molecule has 4 nitrogen and oxygen atoms in total. The molecule has 1 saturated heterocycles. The van der Waals surface area contributed by atoms with Gasteiger partial charge in [-0.3, -0.25) is 4.79 Å². The number of carbonyl (C=O) groups excluding carboxylic acids is 1. The quantitative estimate of drug-likeness (QED) is 0.698. The maximum Gasteiger partial charge on any atom is 0.248 e. The SMILES string of the molecule is CCCOCC(=O)N1CCC(N)C(C)C1. The molecule has 0 spiro atoms. The largest absolute Gasteiger partial charge is 0.372 e. The third kappa shape index (κ3) is 3.80. The van der Waals surface area contributed by atoms with Gasteiger partial charge in [-0.15, -0.1) is 0 Å². The molecule has 0 saturated carbocycles. The van der Waals surface area contributed by atoms with Crippen molar-refractivity contribution in [2.45, 2.75) is 32.7 Å². The standard InChI is InChI=1S/C11H22N2O2/c1-3-6-15-8-11(14)13-5-4-10(12)9(2)7-13/h9-10H,3-8,12H2,1-2H3. The topological polar surface area (TPSA) is 55.6 Å². The predicted octanol–water partition coefficient (Wildman–Crippen LogP) is 0.609. The number of nitrogens with two attached hydrogens (primary N) is 1. The molecule has 0 aliphatic carbocycles. The van der Waals surface area contributed by atoms with Crippen molar-refractivity contribution in [3.63, 3.8) is 0 Å². The first-order valence-corrected chi connectivity index (χ1v) is 5.76. The van der Waals surface area contributed by atoms with E-state index in [0.717, 1.165) is 25.9 Å². The summed E-state index contributed by atoms with van der Waals surface area (Å²) in [5.41, 5.74) is 5.89. The summed E-state index contributed by atoms with van der Waals surface area (Å²) in [6.07, 6.45) is 1.86. The molecule has 2 unspecified atom stereocenters. The summed E-state index contributed by atoms with van der Waals surface area (Å²) in [6, 6.07) is 0.241. The third-order valence-corrected chi connectivity index (χ3v) is 2.90. The molecule has 2 N–H and O–H groups in total. The van der Waals surface area contributed by atoms with Crippen LogP contribution < -0.4 is 5.73 Å². The van der Waals surface area contributed by atoms with Crippen molar-refractivity contribution in [3.8, 4) is 0 Å². The molecule has 2 atom stereocenters. The summed E-state index contributed by atoms with van der Waals surface area (Å²) in [6.45, 7) is 6.56. The molecule has 0 bridgehead atoms. The van der Waals surface area contributed by atoms with E-state index >= 15 is 0 Å². The molecule has 88 valence electrons. The number of amides is 1. The zero-order valence-corrected chi connectivity index (χ0v) is 9.74. The second-order valence-corrected chi connectivity index (χ2v) is 4.32. The number of hydrogen-bond acceptors (Lipinski definition) is 3. The molecule has 0 aromatic carbocycles. The second-order valence-electron chi connectivity index (χ2n) is 4.32. The highest BCUT2D eigenvalue weighted by Crippen LogP contribution is 2.14. The van der Waals surface area contributed by atoms with Gasteiger partial charge in [0.1, 0.15) is 6.61 Å². The fraction of sp³-hybridized carbons (Fsp3) is 0.909. The van der Waals surface area contributed by atoms with Crippen LogP contribution in [0, 0.1) is 5.92 Å². The molecule has 1 aliphatic heterocycles. The summed E-state index contributed by atoms with van der Waals surface area (Å²) < 4.78 is 5.24. The minimum absolute atomic E-state index is 0.0993. The van der Waals surface area contributed by atoms with E-state index in [9.17, 15) is 4.79 Å². The Morgan fingerprint density at radius 1 is 1.60 bits per heavy atom. The van der Waals surface area contributed by atoms with Crippen molar-refractivity contribution in [1.29, 1.82) is 0 Å². The Morgan fingerprint density at radius 2 is 2.33 bits per heavy atom. The van der Waals surface area contributed by atoms with Crippen LogP contribution in [0.25, 0.3) is 0 Å². The normalized spacial score (nSPS) is 26.7. The van der Waals surface area contributed by atoms with Gasteiger partial charge >= 0.3 is 0 Å². The van der Waals surface area contributed by atoms with Crippen LogP contribution in [-0.2, 0) is 9.53 Å². The van der Waals surface area contributed by atoms with E-state index in [1.807, 2.05) is 11.8 Å². The van der Waals surface area contributed by atoms with Gasteiger partial charge < -0.3 is 15.4 Å². The van der Waals surface area contributed by atoms with Crippen LogP contribution in [0.15, 0.2) is 0 Å². The number of likely N-dealkylation sites (tertiary alicyclic amines) is 1. The zero-order valence-electron chi connectivity index (χ0n) is 9.74. The van der Waals surface area contributed by atoms with Crippen molar-refractivity contribution < 1.29 is 9.53 Å². The first-order valence-electron chi connectivity index (χ1n) is 5.76. The molecule has 0 radical (unpaired) electrons. The van der Waals surface area contributed by atoms with Gasteiger partial charge in [0.2, 0.25) is 5.91 Å². The van der Waals surface area contributed by atoms with Crippen LogP contribution in [-0.4, -0.2) is 43.2 Å². The number of hydrogen-bond donors (Lipinski definition) is 1. The van der Waals surface area contributed by atoms with Crippen LogP contribution in [0.4, 0.5) is 0 Å². The van der Waals surface area contributed by atoms with Gasteiger partial charge in [0.05, 0.1) is 0 Å².